The van der Waals surface area contributed by atoms with Gasteiger partial charge < -0.3 is 0 Å². The summed E-state index contributed by atoms with van der Waals surface area (Å²) in [5, 5.41) is 3.33. The molecule has 0 radical (unpaired) electrons. The minimum Gasteiger partial charge on any atom is -0.272 e. The molecule has 30 heavy (non-hydrogen) atoms. The molecule has 1 aliphatic heterocycles. The molecule has 0 N–H and O–H groups in total. The monoisotopic (exact) mass is 437 g/mol. The van der Waals surface area contributed by atoms with Crippen LogP contribution in [0.2, 0.25) is 0 Å². The minimum absolute atomic E-state index is 0.105. The molecule has 3 aromatic rings. The van der Waals surface area contributed by atoms with E-state index < -0.39 is 40.1 Å². The average molecular weight is 437 g/mol. The fourth-order valence-electron chi connectivity index (χ4n) is 3.45. The number of carbonyl (C=O) groups is 2. The first-order valence-electron chi connectivity index (χ1n) is 8.80. The number of hydrogen-bond acceptors (Lipinski definition) is 5. The first kappa shape index (κ1) is 20.3. The van der Waals surface area contributed by atoms with E-state index in [-0.39, 0.29) is 11.1 Å². The van der Waals surface area contributed by atoms with Crippen molar-refractivity contribution in [1.29, 1.82) is 0 Å². The Labute approximate surface area is 169 Å². The van der Waals surface area contributed by atoms with Crippen LogP contribution in [0.15, 0.2) is 48.5 Å². The van der Waals surface area contributed by atoms with Gasteiger partial charge in [0.2, 0.25) is 0 Å². The Balaban J connectivity index is 1.66. The molecule has 0 saturated heterocycles. The third-order valence-corrected chi connectivity index (χ3v) is 5.96. The Bertz CT molecular complexity index is 1240. The number of imide groups is 1. The number of fused-ring (bicyclic) bond motifs is 3. The second kappa shape index (κ2) is 6.78. The van der Waals surface area contributed by atoms with Crippen LogP contribution in [0.25, 0.3) is 21.5 Å². The molecule has 6 nitrogen and oxygen atoms in total. The Morgan fingerprint density at radius 1 is 0.900 bits per heavy atom. The number of hydrogen-bond donors (Lipinski definition) is 0. The quantitative estimate of drug-likeness (QED) is 0.268. The van der Waals surface area contributed by atoms with E-state index in [2.05, 4.69) is 4.18 Å². The maximum absolute atomic E-state index is 12.7. The summed E-state index contributed by atoms with van der Waals surface area (Å²) in [4.78, 5) is 26.1. The highest BCUT2D eigenvalue weighted by Crippen LogP contribution is 2.31. The third-order valence-electron chi connectivity index (χ3n) is 4.81. The molecule has 4 rings (SSSR count). The van der Waals surface area contributed by atoms with Crippen molar-refractivity contribution >= 4 is 43.5 Å². The normalized spacial score (nSPS) is 15.8. The molecule has 2 amide bonds. The molecule has 156 valence electrons. The number of carbonyl (C=O) groups excluding carboxylic acids is 2. The lowest BCUT2D eigenvalue weighted by molar-refractivity contribution is -0.0571. The molecule has 0 saturated carbocycles. The van der Waals surface area contributed by atoms with Gasteiger partial charge in [0, 0.05) is 0 Å². The third kappa shape index (κ3) is 3.31. The molecule has 0 spiro atoms. The fraction of sp³-hybridized carbons (Fsp3) is 0.200. The lowest BCUT2D eigenvalue weighted by Gasteiger charge is -2.19. The number of nitrogens with zero attached hydrogens (tertiary/aromatic N) is 1. The van der Waals surface area contributed by atoms with Crippen LogP contribution in [0.1, 0.15) is 27.6 Å². The Kier molecular flexibility index (Phi) is 4.59. The molecule has 10 heteroatoms. The molecule has 0 unspecified atom stereocenters. The van der Waals surface area contributed by atoms with E-state index in [1.54, 1.807) is 12.1 Å². The van der Waals surface area contributed by atoms with Gasteiger partial charge in [0.25, 0.3) is 11.8 Å². The molecule has 1 aliphatic rings. The van der Waals surface area contributed by atoms with Gasteiger partial charge in [-0.1, -0.05) is 24.3 Å². The largest absolute Gasteiger partial charge is 0.523 e. The standard InChI is InChI=1S/C20H14F3NO5S/c1-11(29-30(27,28)20(21,22)23)10-24-18(25)16-8-14-6-12-4-2-3-5-13(12)7-15(14)9-17(16)19(24)26/h2-9,11H,10H2,1H3/t11-/m0/s1. The smallest absolute Gasteiger partial charge is 0.272 e. The van der Waals surface area contributed by atoms with Crippen molar-refractivity contribution in [2.24, 2.45) is 0 Å². The maximum Gasteiger partial charge on any atom is 0.523 e. The Morgan fingerprint density at radius 3 is 1.80 bits per heavy atom. The summed E-state index contributed by atoms with van der Waals surface area (Å²) in [7, 11) is -5.84. The lowest BCUT2D eigenvalue weighted by atomic mass is 9.99. The molecule has 3 aromatic carbocycles. The predicted octanol–water partition coefficient (Wildman–Crippen LogP) is 3.84. The van der Waals surface area contributed by atoms with Gasteiger partial charge in [0.05, 0.1) is 23.8 Å². The zero-order chi connectivity index (χ0) is 21.8. The van der Waals surface area contributed by atoms with Gasteiger partial charge in [-0.15, -0.1) is 0 Å². The number of alkyl halides is 3. The van der Waals surface area contributed by atoms with Gasteiger partial charge in [0.1, 0.15) is 0 Å². The van der Waals surface area contributed by atoms with Gasteiger partial charge >= 0.3 is 15.6 Å². The van der Waals surface area contributed by atoms with Crippen LogP contribution in [-0.2, 0) is 14.3 Å². The van der Waals surface area contributed by atoms with Crippen LogP contribution in [-0.4, -0.2) is 43.3 Å². The molecular weight excluding hydrogens is 423 g/mol. The molecule has 0 aromatic heterocycles. The SMILES string of the molecule is C[C@@H](CN1C(=O)c2cc3cc4ccccc4cc3cc2C1=O)OS(=O)(=O)C(F)(F)F. The zero-order valence-corrected chi connectivity index (χ0v) is 16.3. The van der Waals surface area contributed by atoms with Gasteiger partial charge in [-0.05, 0) is 52.7 Å². The van der Waals surface area contributed by atoms with E-state index in [9.17, 15) is 31.2 Å². The number of halogens is 3. The van der Waals surface area contributed by atoms with E-state index in [1.807, 2.05) is 36.4 Å². The van der Waals surface area contributed by atoms with E-state index in [4.69, 9.17) is 0 Å². The van der Waals surface area contributed by atoms with Gasteiger partial charge in [0.15, 0.2) is 0 Å². The van der Waals surface area contributed by atoms with Crippen LogP contribution < -0.4 is 0 Å². The van der Waals surface area contributed by atoms with Crippen molar-refractivity contribution in [3.05, 3.63) is 59.7 Å². The van der Waals surface area contributed by atoms with Crippen molar-refractivity contribution in [3.8, 4) is 0 Å². The van der Waals surface area contributed by atoms with E-state index in [0.717, 1.165) is 28.5 Å². The van der Waals surface area contributed by atoms with Gasteiger partial charge in [-0.2, -0.15) is 21.6 Å². The summed E-state index contributed by atoms with van der Waals surface area (Å²) in [5.41, 5.74) is -5.38. The lowest BCUT2D eigenvalue weighted by Crippen LogP contribution is -2.39. The summed E-state index contributed by atoms with van der Waals surface area (Å²) in [6.45, 7) is 0.399. The molecule has 0 bridgehead atoms. The summed E-state index contributed by atoms with van der Waals surface area (Å²) >= 11 is 0. The predicted molar refractivity (Wildman–Crippen MR) is 102 cm³/mol. The number of benzene rings is 3. The first-order valence-corrected chi connectivity index (χ1v) is 10.2. The second-order valence-electron chi connectivity index (χ2n) is 6.97. The van der Waals surface area contributed by atoms with Crippen LogP contribution in [0.4, 0.5) is 13.2 Å². The first-order chi connectivity index (χ1) is 14.0. The van der Waals surface area contributed by atoms with E-state index in [0.29, 0.717) is 4.90 Å². The van der Waals surface area contributed by atoms with Crippen LogP contribution in [0, 0.1) is 0 Å². The Hall–Kier alpha value is -2.98. The van der Waals surface area contributed by atoms with Crippen molar-refractivity contribution in [3.63, 3.8) is 0 Å². The minimum atomic E-state index is -5.84. The van der Waals surface area contributed by atoms with Gasteiger partial charge in [-0.25, -0.2) is 0 Å². The second-order valence-corrected chi connectivity index (χ2v) is 8.54. The van der Waals surface area contributed by atoms with Gasteiger partial charge in [-0.3, -0.25) is 18.7 Å². The van der Waals surface area contributed by atoms with Crippen LogP contribution >= 0.6 is 0 Å². The fourth-order valence-corrected chi connectivity index (χ4v) is 4.06. The molecule has 0 fully saturated rings. The maximum atomic E-state index is 12.7. The Morgan fingerprint density at radius 2 is 1.37 bits per heavy atom. The summed E-state index contributed by atoms with van der Waals surface area (Å²) in [6.07, 6.45) is -1.57. The summed E-state index contributed by atoms with van der Waals surface area (Å²) < 4.78 is 63.9. The summed E-state index contributed by atoms with van der Waals surface area (Å²) in [5.74, 6) is -1.44. The molecule has 1 heterocycles. The van der Waals surface area contributed by atoms with E-state index >= 15 is 0 Å². The highest BCUT2D eigenvalue weighted by Gasteiger charge is 2.48. The number of amides is 2. The zero-order valence-electron chi connectivity index (χ0n) is 15.4. The van der Waals surface area contributed by atoms with Crippen molar-refractivity contribution in [2.75, 3.05) is 6.54 Å². The van der Waals surface area contributed by atoms with Crippen molar-refractivity contribution < 1.29 is 35.4 Å². The topological polar surface area (TPSA) is 80.8 Å². The van der Waals surface area contributed by atoms with Crippen LogP contribution in [0.5, 0.6) is 0 Å². The molecule has 1 atom stereocenters. The van der Waals surface area contributed by atoms with Crippen LogP contribution in [0.3, 0.4) is 0 Å². The van der Waals surface area contributed by atoms with E-state index in [1.165, 1.54) is 0 Å². The van der Waals surface area contributed by atoms with Crippen molar-refractivity contribution in [1.82, 2.24) is 4.90 Å². The highest BCUT2D eigenvalue weighted by atomic mass is 32.2. The molecule has 0 aliphatic carbocycles. The average Bonchev–Trinajstić information content (AvgIpc) is 2.87. The summed E-state index contributed by atoms with van der Waals surface area (Å²) in [6, 6.07) is 14.4. The highest BCUT2D eigenvalue weighted by molar-refractivity contribution is 7.87. The van der Waals surface area contributed by atoms with Crippen molar-refractivity contribution in [2.45, 2.75) is 18.5 Å². The molecular formula is C20H14F3NO5S. The number of rotatable bonds is 4.